The lowest BCUT2D eigenvalue weighted by atomic mass is 10.2. The summed E-state index contributed by atoms with van der Waals surface area (Å²) in [4.78, 5) is 10.7. The van der Waals surface area contributed by atoms with E-state index in [1.807, 2.05) is 52.3 Å². The van der Waals surface area contributed by atoms with E-state index in [4.69, 9.17) is 0 Å². The molecule has 1 aromatic heterocycles. The number of hydrogen-bond donors (Lipinski definition) is 2. The minimum atomic E-state index is 0.616. The molecule has 0 saturated carbocycles. The van der Waals surface area contributed by atoms with Crippen molar-refractivity contribution in [3.63, 3.8) is 0 Å². The lowest BCUT2D eigenvalue weighted by Gasteiger charge is -2.18. The maximum atomic E-state index is 4.40. The van der Waals surface area contributed by atoms with Crippen LogP contribution in [0.1, 0.15) is 5.69 Å². The van der Waals surface area contributed by atoms with E-state index in [1.54, 1.807) is 0 Å². The molecular weight excluding hydrogens is 238 g/mol. The van der Waals surface area contributed by atoms with Gasteiger partial charge in [-0.2, -0.15) is 4.98 Å². The van der Waals surface area contributed by atoms with Crippen molar-refractivity contribution in [2.24, 2.45) is 0 Å². The topological polar surface area (TPSA) is 53.1 Å². The van der Waals surface area contributed by atoms with Gasteiger partial charge in [0.15, 0.2) is 0 Å². The third kappa shape index (κ3) is 3.13. The fourth-order valence-corrected chi connectivity index (χ4v) is 1.85. The maximum absolute atomic E-state index is 4.40. The van der Waals surface area contributed by atoms with Crippen molar-refractivity contribution in [2.75, 3.05) is 36.7 Å². The molecule has 0 atom stereocenters. The Morgan fingerprint density at radius 1 is 1.11 bits per heavy atom. The van der Waals surface area contributed by atoms with Gasteiger partial charge in [0.05, 0.1) is 11.4 Å². The quantitative estimate of drug-likeness (QED) is 0.882. The molecule has 2 aromatic rings. The molecule has 0 radical (unpaired) electrons. The fraction of sp³-hybridized carbons (Fsp3) is 0.286. The summed E-state index contributed by atoms with van der Waals surface area (Å²) < 4.78 is 0. The summed E-state index contributed by atoms with van der Waals surface area (Å²) in [6.45, 7) is 1.95. The second-order valence-corrected chi connectivity index (χ2v) is 4.50. The zero-order chi connectivity index (χ0) is 13.8. The number of nitrogens with zero attached hydrogens (tertiary/aromatic N) is 3. The molecule has 1 aromatic carbocycles. The average Bonchev–Trinajstić information content (AvgIpc) is 2.38. The molecule has 0 aliphatic heterocycles. The standard InChI is InChI=1S/C14H19N5/c1-10-9-13(18-14(15-2)16-10)17-11-7-5-6-8-12(11)19(3)4/h5-9H,1-4H3,(H2,15,16,17,18). The molecule has 5 nitrogen and oxygen atoms in total. The summed E-state index contributed by atoms with van der Waals surface area (Å²) in [5.41, 5.74) is 3.06. The van der Waals surface area contributed by atoms with E-state index in [1.165, 1.54) is 0 Å². The largest absolute Gasteiger partial charge is 0.376 e. The molecule has 0 aliphatic rings. The first-order valence-electron chi connectivity index (χ1n) is 6.17. The van der Waals surface area contributed by atoms with Gasteiger partial charge in [0.2, 0.25) is 5.95 Å². The van der Waals surface area contributed by atoms with Crippen molar-refractivity contribution < 1.29 is 0 Å². The van der Waals surface area contributed by atoms with Crippen LogP contribution in [0.2, 0.25) is 0 Å². The summed E-state index contributed by atoms with van der Waals surface area (Å²) in [5.74, 6) is 1.40. The number of rotatable bonds is 4. The first kappa shape index (κ1) is 13.1. The normalized spacial score (nSPS) is 10.1. The van der Waals surface area contributed by atoms with Gasteiger partial charge in [-0.25, -0.2) is 4.98 Å². The van der Waals surface area contributed by atoms with Gasteiger partial charge in [-0.3, -0.25) is 0 Å². The van der Waals surface area contributed by atoms with E-state index < -0.39 is 0 Å². The maximum Gasteiger partial charge on any atom is 0.224 e. The third-order valence-electron chi connectivity index (χ3n) is 2.73. The molecule has 0 amide bonds. The Kier molecular flexibility index (Phi) is 3.85. The van der Waals surface area contributed by atoms with E-state index in [2.05, 4.69) is 31.6 Å². The second kappa shape index (κ2) is 5.56. The second-order valence-electron chi connectivity index (χ2n) is 4.50. The summed E-state index contributed by atoms with van der Waals surface area (Å²) in [6, 6.07) is 10.0. The van der Waals surface area contributed by atoms with Crippen LogP contribution in [-0.2, 0) is 0 Å². The predicted molar refractivity (Wildman–Crippen MR) is 80.4 cm³/mol. The SMILES string of the molecule is CNc1nc(C)cc(Nc2ccccc2N(C)C)n1. The molecule has 1 heterocycles. The summed E-state index contributed by atoms with van der Waals surface area (Å²) in [5, 5.41) is 6.30. The Hall–Kier alpha value is -2.30. The van der Waals surface area contributed by atoms with E-state index in [0.29, 0.717) is 5.95 Å². The van der Waals surface area contributed by atoms with Crippen molar-refractivity contribution in [3.05, 3.63) is 36.0 Å². The van der Waals surface area contributed by atoms with Crippen molar-refractivity contribution in [1.82, 2.24) is 9.97 Å². The monoisotopic (exact) mass is 257 g/mol. The van der Waals surface area contributed by atoms with Crippen LogP contribution in [-0.4, -0.2) is 31.1 Å². The van der Waals surface area contributed by atoms with Gasteiger partial charge in [0.25, 0.3) is 0 Å². The number of para-hydroxylation sites is 2. The zero-order valence-corrected chi connectivity index (χ0v) is 11.7. The molecule has 0 aliphatic carbocycles. The van der Waals surface area contributed by atoms with Gasteiger partial charge >= 0.3 is 0 Å². The van der Waals surface area contributed by atoms with Gasteiger partial charge in [-0.05, 0) is 19.1 Å². The first-order chi connectivity index (χ1) is 9.10. The molecule has 19 heavy (non-hydrogen) atoms. The van der Waals surface area contributed by atoms with Gasteiger partial charge in [-0.15, -0.1) is 0 Å². The Morgan fingerprint density at radius 2 is 1.84 bits per heavy atom. The lowest BCUT2D eigenvalue weighted by molar-refractivity contribution is 1.09. The Morgan fingerprint density at radius 3 is 2.53 bits per heavy atom. The Labute approximate surface area is 113 Å². The molecule has 0 fully saturated rings. The van der Waals surface area contributed by atoms with Crippen LogP contribution in [0.5, 0.6) is 0 Å². The number of aromatic nitrogens is 2. The molecule has 0 unspecified atom stereocenters. The number of hydrogen-bond acceptors (Lipinski definition) is 5. The smallest absolute Gasteiger partial charge is 0.224 e. The molecule has 2 N–H and O–H groups in total. The van der Waals surface area contributed by atoms with Crippen LogP contribution in [0.3, 0.4) is 0 Å². The van der Waals surface area contributed by atoms with E-state index in [9.17, 15) is 0 Å². The van der Waals surface area contributed by atoms with Crippen molar-refractivity contribution in [2.45, 2.75) is 6.92 Å². The minimum Gasteiger partial charge on any atom is -0.376 e. The minimum absolute atomic E-state index is 0.616. The van der Waals surface area contributed by atoms with Crippen molar-refractivity contribution in [3.8, 4) is 0 Å². The van der Waals surface area contributed by atoms with Crippen LogP contribution >= 0.6 is 0 Å². The van der Waals surface area contributed by atoms with Crippen molar-refractivity contribution >= 4 is 23.1 Å². The summed E-state index contributed by atoms with van der Waals surface area (Å²) in [6.07, 6.45) is 0. The number of aryl methyl sites for hydroxylation is 1. The highest BCUT2D eigenvalue weighted by Gasteiger charge is 2.06. The molecule has 0 saturated heterocycles. The molecule has 100 valence electrons. The van der Waals surface area contributed by atoms with E-state index in [-0.39, 0.29) is 0 Å². The first-order valence-corrected chi connectivity index (χ1v) is 6.17. The highest BCUT2D eigenvalue weighted by molar-refractivity contribution is 5.74. The number of benzene rings is 1. The molecule has 0 spiro atoms. The Bertz CT molecular complexity index is 566. The molecule has 5 heteroatoms. The predicted octanol–water partition coefficient (Wildman–Crippen LogP) is 2.64. The van der Waals surface area contributed by atoms with Crippen molar-refractivity contribution in [1.29, 1.82) is 0 Å². The molecule has 0 bridgehead atoms. The molecule has 2 rings (SSSR count). The lowest BCUT2D eigenvalue weighted by Crippen LogP contribution is -2.11. The number of nitrogens with one attached hydrogen (secondary N) is 2. The summed E-state index contributed by atoms with van der Waals surface area (Å²) in [7, 11) is 5.85. The van der Waals surface area contributed by atoms with Crippen LogP contribution in [0.15, 0.2) is 30.3 Å². The van der Waals surface area contributed by atoms with Crippen LogP contribution in [0.4, 0.5) is 23.1 Å². The van der Waals surface area contributed by atoms with Crippen LogP contribution < -0.4 is 15.5 Å². The van der Waals surface area contributed by atoms with Gasteiger partial charge < -0.3 is 15.5 Å². The third-order valence-corrected chi connectivity index (χ3v) is 2.73. The van der Waals surface area contributed by atoms with E-state index in [0.717, 1.165) is 22.9 Å². The Balaban J connectivity index is 2.33. The van der Waals surface area contributed by atoms with Gasteiger partial charge in [0, 0.05) is 32.9 Å². The average molecular weight is 257 g/mol. The highest BCUT2D eigenvalue weighted by atomic mass is 15.1. The molecular formula is C14H19N5. The number of anilines is 4. The van der Waals surface area contributed by atoms with Crippen LogP contribution in [0.25, 0.3) is 0 Å². The zero-order valence-electron chi connectivity index (χ0n) is 11.7. The highest BCUT2D eigenvalue weighted by Crippen LogP contribution is 2.26. The van der Waals surface area contributed by atoms with Gasteiger partial charge in [0.1, 0.15) is 5.82 Å². The van der Waals surface area contributed by atoms with E-state index >= 15 is 0 Å². The summed E-state index contributed by atoms with van der Waals surface area (Å²) >= 11 is 0. The fourth-order valence-electron chi connectivity index (χ4n) is 1.85. The van der Waals surface area contributed by atoms with Gasteiger partial charge in [-0.1, -0.05) is 12.1 Å². The van der Waals surface area contributed by atoms with Crippen LogP contribution in [0, 0.1) is 6.92 Å².